The molecule has 0 aliphatic rings. The number of rotatable bonds is 4. The first-order valence-corrected chi connectivity index (χ1v) is 5.34. The number of halogens is 1. The Kier molecular flexibility index (Phi) is 4.42. The normalized spacial score (nSPS) is 11.9. The second kappa shape index (κ2) is 5.60. The minimum Gasteiger partial charge on any atom is -0.323 e. The molecule has 1 aromatic carbocycles. The van der Waals surface area contributed by atoms with Crippen molar-refractivity contribution in [2.24, 2.45) is 5.73 Å². The zero-order valence-electron chi connectivity index (χ0n) is 9.14. The second-order valence-electron chi connectivity index (χ2n) is 3.43. The minimum absolute atomic E-state index is 0.144. The van der Waals surface area contributed by atoms with E-state index >= 15 is 0 Å². The number of non-ortho nitro benzene ring substituents is 1. The lowest BCUT2D eigenvalue weighted by Crippen LogP contribution is -2.34. The predicted octanol–water partition coefficient (Wildman–Crippen LogP) is 1.92. The van der Waals surface area contributed by atoms with Crippen LogP contribution in [0.15, 0.2) is 18.2 Å². The van der Waals surface area contributed by atoms with Crippen molar-refractivity contribution in [3.05, 3.63) is 33.3 Å². The molecule has 6 nitrogen and oxygen atoms in total. The van der Waals surface area contributed by atoms with Crippen LogP contribution in [0, 0.1) is 10.1 Å². The monoisotopic (exact) mass is 257 g/mol. The summed E-state index contributed by atoms with van der Waals surface area (Å²) in [5.74, 6) is -0.421. The number of nitro benzene ring substituents is 1. The van der Waals surface area contributed by atoms with Crippen molar-refractivity contribution in [3.63, 3.8) is 0 Å². The molecule has 0 saturated carbocycles. The molecule has 3 N–H and O–H groups in total. The molecule has 0 saturated heterocycles. The molecule has 0 fully saturated rings. The molecule has 92 valence electrons. The molecule has 0 aliphatic heterocycles. The molecule has 0 unspecified atom stereocenters. The van der Waals surface area contributed by atoms with Gasteiger partial charge in [0.05, 0.1) is 21.7 Å². The molecule has 0 radical (unpaired) electrons. The summed E-state index contributed by atoms with van der Waals surface area (Å²) in [6.45, 7) is 1.76. The fourth-order valence-corrected chi connectivity index (χ4v) is 1.30. The van der Waals surface area contributed by atoms with Crippen LogP contribution in [0.1, 0.15) is 13.3 Å². The van der Waals surface area contributed by atoms with Crippen LogP contribution in [0.4, 0.5) is 11.4 Å². The van der Waals surface area contributed by atoms with E-state index in [1.807, 2.05) is 0 Å². The van der Waals surface area contributed by atoms with Crippen molar-refractivity contribution >= 4 is 28.9 Å². The van der Waals surface area contributed by atoms with Gasteiger partial charge in [0, 0.05) is 12.1 Å². The van der Waals surface area contributed by atoms with Crippen molar-refractivity contribution in [1.29, 1.82) is 0 Å². The second-order valence-corrected chi connectivity index (χ2v) is 3.83. The largest absolute Gasteiger partial charge is 0.323 e. The van der Waals surface area contributed by atoms with Gasteiger partial charge in [-0.15, -0.1) is 0 Å². The first-order valence-electron chi connectivity index (χ1n) is 4.96. The molecule has 17 heavy (non-hydrogen) atoms. The van der Waals surface area contributed by atoms with Gasteiger partial charge in [-0.05, 0) is 12.5 Å². The van der Waals surface area contributed by atoms with Gasteiger partial charge in [0.1, 0.15) is 0 Å². The summed E-state index contributed by atoms with van der Waals surface area (Å²) in [4.78, 5) is 21.5. The van der Waals surface area contributed by atoms with E-state index < -0.39 is 16.9 Å². The van der Waals surface area contributed by atoms with Gasteiger partial charge in [-0.25, -0.2) is 0 Å². The number of anilines is 1. The van der Waals surface area contributed by atoms with Gasteiger partial charge in [-0.3, -0.25) is 14.9 Å². The maximum absolute atomic E-state index is 11.5. The molecule has 7 heteroatoms. The molecule has 1 rings (SSSR count). The maximum Gasteiger partial charge on any atom is 0.271 e. The Hall–Kier alpha value is -1.66. The highest BCUT2D eigenvalue weighted by molar-refractivity contribution is 6.33. The summed E-state index contributed by atoms with van der Waals surface area (Å²) in [5, 5.41) is 13.3. The Bertz CT molecular complexity index is 450. The smallest absolute Gasteiger partial charge is 0.271 e. The number of amides is 1. The molecular formula is C10H12ClN3O3. The highest BCUT2D eigenvalue weighted by Gasteiger charge is 2.15. The molecule has 0 bridgehead atoms. The molecule has 0 spiro atoms. The lowest BCUT2D eigenvalue weighted by atomic mass is 10.2. The Morgan fingerprint density at radius 2 is 2.29 bits per heavy atom. The lowest BCUT2D eigenvalue weighted by molar-refractivity contribution is -0.384. The van der Waals surface area contributed by atoms with E-state index in [2.05, 4.69) is 5.32 Å². The van der Waals surface area contributed by atoms with E-state index in [9.17, 15) is 14.9 Å². The molecular weight excluding hydrogens is 246 g/mol. The average molecular weight is 258 g/mol. The average Bonchev–Trinajstić information content (AvgIpc) is 2.30. The quantitative estimate of drug-likeness (QED) is 0.636. The number of carbonyl (C=O) groups excluding carboxylic acids is 1. The van der Waals surface area contributed by atoms with Crippen LogP contribution in [0.3, 0.4) is 0 Å². The Morgan fingerprint density at radius 1 is 1.65 bits per heavy atom. The van der Waals surface area contributed by atoms with E-state index in [1.54, 1.807) is 6.92 Å². The zero-order chi connectivity index (χ0) is 13.0. The molecule has 0 heterocycles. The van der Waals surface area contributed by atoms with Crippen LogP contribution < -0.4 is 11.1 Å². The summed E-state index contributed by atoms with van der Waals surface area (Å²) in [5.41, 5.74) is 5.57. The Labute approximate surface area is 103 Å². The fraction of sp³-hybridized carbons (Fsp3) is 0.300. The SMILES string of the molecule is CC[C@@H](N)C(=O)Nc1cc([N+](=O)[O-])ccc1Cl. The van der Waals surface area contributed by atoms with E-state index in [0.29, 0.717) is 6.42 Å². The summed E-state index contributed by atoms with van der Waals surface area (Å²) < 4.78 is 0. The number of nitro groups is 1. The van der Waals surface area contributed by atoms with E-state index in [-0.39, 0.29) is 16.4 Å². The number of nitrogens with two attached hydrogens (primary N) is 1. The molecule has 0 aliphatic carbocycles. The van der Waals surface area contributed by atoms with E-state index in [1.165, 1.54) is 18.2 Å². The zero-order valence-corrected chi connectivity index (χ0v) is 9.90. The van der Waals surface area contributed by atoms with Crippen molar-refractivity contribution in [3.8, 4) is 0 Å². The number of nitrogens with zero attached hydrogens (tertiary/aromatic N) is 1. The van der Waals surface area contributed by atoms with Crippen molar-refractivity contribution < 1.29 is 9.72 Å². The third-order valence-corrected chi connectivity index (χ3v) is 2.52. The van der Waals surface area contributed by atoms with Gasteiger partial charge in [-0.1, -0.05) is 18.5 Å². The summed E-state index contributed by atoms with van der Waals surface area (Å²) in [6.07, 6.45) is 0.471. The Balaban J connectivity index is 2.94. The maximum atomic E-state index is 11.5. The van der Waals surface area contributed by atoms with Crippen LogP contribution >= 0.6 is 11.6 Å². The molecule has 1 amide bonds. The van der Waals surface area contributed by atoms with Gasteiger partial charge >= 0.3 is 0 Å². The minimum atomic E-state index is -0.662. The third-order valence-electron chi connectivity index (χ3n) is 2.20. The van der Waals surface area contributed by atoms with Crippen molar-refractivity contribution in [2.45, 2.75) is 19.4 Å². The van der Waals surface area contributed by atoms with Crippen LogP contribution in [0.5, 0.6) is 0 Å². The number of benzene rings is 1. The van der Waals surface area contributed by atoms with Gasteiger partial charge in [0.15, 0.2) is 0 Å². The number of carbonyl (C=O) groups is 1. The summed E-state index contributed by atoms with van der Waals surface area (Å²) in [7, 11) is 0. The first-order chi connectivity index (χ1) is 7.95. The number of hydrogen-bond acceptors (Lipinski definition) is 4. The predicted molar refractivity (Wildman–Crippen MR) is 65.0 cm³/mol. The number of nitrogens with one attached hydrogen (secondary N) is 1. The summed E-state index contributed by atoms with van der Waals surface area (Å²) in [6, 6.07) is 3.15. The van der Waals surface area contributed by atoms with Gasteiger partial charge in [0.25, 0.3) is 5.69 Å². The highest BCUT2D eigenvalue weighted by atomic mass is 35.5. The van der Waals surface area contributed by atoms with Crippen molar-refractivity contribution in [1.82, 2.24) is 0 Å². The van der Waals surface area contributed by atoms with Gasteiger partial charge < -0.3 is 11.1 Å². The van der Waals surface area contributed by atoms with E-state index in [4.69, 9.17) is 17.3 Å². The van der Waals surface area contributed by atoms with E-state index in [0.717, 1.165) is 0 Å². The molecule has 1 aromatic rings. The lowest BCUT2D eigenvalue weighted by Gasteiger charge is -2.10. The van der Waals surface area contributed by atoms with Crippen LogP contribution in [0.2, 0.25) is 5.02 Å². The standard InChI is InChI=1S/C10H12ClN3O3/c1-2-8(12)10(15)13-9-5-6(14(16)17)3-4-7(9)11/h3-5,8H,2,12H2,1H3,(H,13,15)/t8-/m1/s1. The highest BCUT2D eigenvalue weighted by Crippen LogP contribution is 2.26. The molecule has 0 aromatic heterocycles. The van der Waals surface area contributed by atoms with Gasteiger partial charge in [-0.2, -0.15) is 0 Å². The van der Waals surface area contributed by atoms with Crippen LogP contribution in [-0.4, -0.2) is 16.9 Å². The topological polar surface area (TPSA) is 98.3 Å². The van der Waals surface area contributed by atoms with Crippen molar-refractivity contribution in [2.75, 3.05) is 5.32 Å². The molecule has 1 atom stereocenters. The number of hydrogen-bond donors (Lipinski definition) is 2. The first kappa shape index (κ1) is 13.4. The Morgan fingerprint density at radius 3 is 2.82 bits per heavy atom. The van der Waals surface area contributed by atoms with Gasteiger partial charge in [0.2, 0.25) is 5.91 Å². The van der Waals surface area contributed by atoms with Crippen LogP contribution in [0.25, 0.3) is 0 Å². The van der Waals surface area contributed by atoms with Crippen LogP contribution in [-0.2, 0) is 4.79 Å². The summed E-state index contributed by atoms with van der Waals surface area (Å²) >= 11 is 5.81. The fourth-order valence-electron chi connectivity index (χ4n) is 1.13. The third kappa shape index (κ3) is 3.40.